The summed E-state index contributed by atoms with van der Waals surface area (Å²) < 4.78 is 34.2. The first kappa shape index (κ1) is 13.4. The van der Waals surface area contributed by atoms with Crippen LogP contribution in [0.3, 0.4) is 0 Å². The van der Waals surface area contributed by atoms with E-state index in [9.17, 15) is 4.21 Å². The minimum absolute atomic E-state index is 0.320. The van der Waals surface area contributed by atoms with Gasteiger partial charge in [0.25, 0.3) is 0 Å². The molecule has 2 rings (SSSR count). The third kappa shape index (κ3) is 2.42. The maximum Gasteiger partial charge on any atom is 0.305 e. The summed E-state index contributed by atoms with van der Waals surface area (Å²) in [6, 6.07) is 0. The summed E-state index contributed by atoms with van der Waals surface area (Å²) in [5.41, 5.74) is -1.45. The van der Waals surface area contributed by atoms with Crippen molar-refractivity contribution in [3.63, 3.8) is 0 Å². The lowest BCUT2D eigenvalue weighted by molar-refractivity contribution is -0.172. The molecule has 2 saturated heterocycles. The molecule has 2 fully saturated rings. The number of rotatable bonds is 0. The van der Waals surface area contributed by atoms with Crippen molar-refractivity contribution in [2.75, 3.05) is 0 Å². The summed E-state index contributed by atoms with van der Waals surface area (Å²) in [6.45, 7) is 11.0. The number of ether oxygens (including phenoxy) is 2. The highest BCUT2D eigenvalue weighted by Gasteiger charge is 2.58. The van der Waals surface area contributed by atoms with Gasteiger partial charge in [-0.3, -0.25) is 8.37 Å². The summed E-state index contributed by atoms with van der Waals surface area (Å²) in [5, 5.41) is 0. The molecular formula is C11H20O5S. The summed E-state index contributed by atoms with van der Waals surface area (Å²) in [6.07, 6.45) is -0.641. The number of fused-ring (bicyclic) bond motifs is 1. The van der Waals surface area contributed by atoms with E-state index in [0.29, 0.717) is 0 Å². The van der Waals surface area contributed by atoms with E-state index in [1.807, 2.05) is 41.5 Å². The van der Waals surface area contributed by atoms with E-state index in [2.05, 4.69) is 0 Å². The predicted octanol–water partition coefficient (Wildman–Crippen LogP) is 1.69. The van der Waals surface area contributed by atoms with Crippen molar-refractivity contribution in [2.24, 2.45) is 0 Å². The van der Waals surface area contributed by atoms with E-state index in [0.717, 1.165) is 0 Å². The first-order valence-corrected chi connectivity index (χ1v) is 6.70. The lowest BCUT2D eigenvalue weighted by Gasteiger charge is -2.32. The number of hydrogen-bond donors (Lipinski definition) is 0. The van der Waals surface area contributed by atoms with Crippen molar-refractivity contribution < 1.29 is 22.0 Å². The molecule has 0 bridgehead atoms. The van der Waals surface area contributed by atoms with E-state index in [1.54, 1.807) is 0 Å². The molecule has 17 heavy (non-hydrogen) atoms. The Kier molecular flexibility index (Phi) is 2.95. The average Bonchev–Trinajstić information content (AvgIpc) is 2.37. The first-order chi connectivity index (χ1) is 7.54. The third-order valence-electron chi connectivity index (χ3n) is 3.03. The standard InChI is InChI=1S/C11H20O5S/c1-9(2)7-8(14-11(5,6)13-7)10(3,4)16-17(12)15-9/h7-8H,1-6H3/t7-,8-/m0/s1. The van der Waals surface area contributed by atoms with Gasteiger partial charge >= 0.3 is 11.4 Å². The molecule has 2 heterocycles. The van der Waals surface area contributed by atoms with Crippen LogP contribution in [0.15, 0.2) is 0 Å². The molecule has 0 aromatic rings. The van der Waals surface area contributed by atoms with Crippen molar-refractivity contribution in [2.45, 2.75) is 70.7 Å². The fourth-order valence-electron chi connectivity index (χ4n) is 2.24. The minimum Gasteiger partial charge on any atom is -0.341 e. The van der Waals surface area contributed by atoms with Crippen LogP contribution in [0.25, 0.3) is 0 Å². The van der Waals surface area contributed by atoms with Gasteiger partial charge in [0.1, 0.15) is 23.4 Å². The Bertz CT molecular complexity index is 320. The van der Waals surface area contributed by atoms with Gasteiger partial charge in [0, 0.05) is 0 Å². The molecule has 6 heteroatoms. The molecular weight excluding hydrogens is 244 g/mol. The lowest BCUT2D eigenvalue weighted by Crippen LogP contribution is -2.50. The van der Waals surface area contributed by atoms with E-state index in [4.69, 9.17) is 17.8 Å². The van der Waals surface area contributed by atoms with Crippen LogP contribution in [0.1, 0.15) is 41.5 Å². The molecule has 0 amide bonds. The highest BCUT2D eigenvalue weighted by molar-refractivity contribution is 7.75. The lowest BCUT2D eigenvalue weighted by atomic mass is 9.88. The summed E-state index contributed by atoms with van der Waals surface area (Å²) in [5.74, 6) is -0.685. The second-order valence-corrected chi connectivity index (χ2v) is 6.80. The molecule has 0 aromatic heterocycles. The van der Waals surface area contributed by atoms with Crippen LogP contribution in [0.2, 0.25) is 0 Å². The van der Waals surface area contributed by atoms with Crippen LogP contribution < -0.4 is 0 Å². The molecule has 0 unspecified atom stereocenters. The highest BCUT2D eigenvalue weighted by Crippen LogP contribution is 2.43. The maximum absolute atomic E-state index is 11.7. The molecule has 0 saturated carbocycles. The van der Waals surface area contributed by atoms with Crippen molar-refractivity contribution in [1.29, 1.82) is 0 Å². The zero-order chi connectivity index (χ0) is 13.1. The molecule has 0 aromatic carbocycles. The maximum atomic E-state index is 11.7. The van der Waals surface area contributed by atoms with Gasteiger partial charge in [-0.25, -0.2) is 0 Å². The smallest absolute Gasteiger partial charge is 0.305 e. The predicted molar refractivity (Wildman–Crippen MR) is 62.3 cm³/mol. The Labute approximate surface area is 105 Å². The van der Waals surface area contributed by atoms with Gasteiger partial charge in [-0.2, -0.15) is 4.21 Å². The average molecular weight is 264 g/mol. The fraction of sp³-hybridized carbons (Fsp3) is 1.00. The monoisotopic (exact) mass is 264 g/mol. The van der Waals surface area contributed by atoms with Crippen molar-refractivity contribution >= 4 is 11.4 Å². The number of hydrogen-bond acceptors (Lipinski definition) is 5. The molecule has 0 aliphatic carbocycles. The molecule has 2 aliphatic rings. The van der Waals surface area contributed by atoms with Gasteiger partial charge in [-0.05, 0) is 41.5 Å². The second-order valence-electron chi connectivity index (χ2n) is 6.05. The van der Waals surface area contributed by atoms with Gasteiger partial charge < -0.3 is 9.47 Å². The van der Waals surface area contributed by atoms with Crippen molar-refractivity contribution in [3.8, 4) is 0 Å². The Morgan fingerprint density at radius 1 is 0.824 bits per heavy atom. The van der Waals surface area contributed by atoms with E-state index in [1.165, 1.54) is 0 Å². The minimum atomic E-state index is -1.79. The SMILES string of the molecule is CC1(C)O[C@H]2[C@H](O1)C(C)(C)OS(=O)OC2(C)C. The van der Waals surface area contributed by atoms with Gasteiger partial charge in [0.05, 0.1) is 0 Å². The highest BCUT2D eigenvalue weighted by atomic mass is 32.2. The molecule has 100 valence electrons. The van der Waals surface area contributed by atoms with Crippen LogP contribution in [0.4, 0.5) is 0 Å². The van der Waals surface area contributed by atoms with Crippen LogP contribution in [-0.4, -0.2) is 33.4 Å². The first-order valence-electron chi connectivity index (χ1n) is 5.70. The second kappa shape index (κ2) is 3.74. The molecule has 0 radical (unpaired) electrons. The fourth-order valence-corrected chi connectivity index (χ4v) is 3.16. The normalized spacial score (nSPS) is 39.6. The summed E-state index contributed by atoms with van der Waals surface area (Å²) in [7, 11) is 0. The molecule has 0 spiro atoms. The Balaban J connectivity index is 2.39. The zero-order valence-corrected chi connectivity index (χ0v) is 11.9. The van der Waals surface area contributed by atoms with E-state index >= 15 is 0 Å². The Morgan fingerprint density at radius 3 is 1.53 bits per heavy atom. The van der Waals surface area contributed by atoms with Gasteiger partial charge in [-0.15, -0.1) is 0 Å². The molecule has 2 atom stereocenters. The topological polar surface area (TPSA) is 54.0 Å². The van der Waals surface area contributed by atoms with Gasteiger partial charge in [-0.1, -0.05) is 0 Å². The quantitative estimate of drug-likeness (QED) is 0.666. The van der Waals surface area contributed by atoms with Crippen molar-refractivity contribution in [1.82, 2.24) is 0 Å². The zero-order valence-electron chi connectivity index (χ0n) is 11.1. The van der Waals surface area contributed by atoms with Gasteiger partial charge in [0.15, 0.2) is 5.79 Å². The van der Waals surface area contributed by atoms with Gasteiger partial charge in [0.2, 0.25) is 0 Å². The third-order valence-corrected chi connectivity index (χ3v) is 4.16. The van der Waals surface area contributed by atoms with Crippen molar-refractivity contribution in [3.05, 3.63) is 0 Å². The molecule has 0 N–H and O–H groups in total. The van der Waals surface area contributed by atoms with E-state index in [-0.39, 0.29) is 12.2 Å². The van der Waals surface area contributed by atoms with Crippen LogP contribution in [0, 0.1) is 0 Å². The molecule has 5 nitrogen and oxygen atoms in total. The largest absolute Gasteiger partial charge is 0.341 e. The Hall–Kier alpha value is -0.0100. The molecule has 2 aliphatic heterocycles. The summed E-state index contributed by atoms with van der Waals surface area (Å²) in [4.78, 5) is 0. The van der Waals surface area contributed by atoms with Crippen LogP contribution in [-0.2, 0) is 29.2 Å². The Morgan fingerprint density at radius 2 is 1.18 bits per heavy atom. The van der Waals surface area contributed by atoms with E-state index < -0.39 is 28.4 Å². The summed E-state index contributed by atoms with van der Waals surface area (Å²) >= 11 is -1.79. The van der Waals surface area contributed by atoms with Crippen LogP contribution in [0.5, 0.6) is 0 Å². The van der Waals surface area contributed by atoms with Crippen LogP contribution >= 0.6 is 0 Å².